The largest absolute Gasteiger partial charge is 0.493 e. The van der Waals surface area contributed by atoms with Gasteiger partial charge in [0, 0.05) is 6.54 Å². The summed E-state index contributed by atoms with van der Waals surface area (Å²) in [5, 5.41) is 2.67. The molecule has 0 bridgehead atoms. The van der Waals surface area contributed by atoms with Crippen LogP contribution in [0.1, 0.15) is 15.9 Å². The van der Waals surface area contributed by atoms with E-state index in [2.05, 4.69) is 5.32 Å². The van der Waals surface area contributed by atoms with Crippen molar-refractivity contribution in [3.05, 3.63) is 41.5 Å². The maximum Gasteiger partial charge on any atom is 0.342 e. The summed E-state index contributed by atoms with van der Waals surface area (Å²) in [6.07, 6.45) is 0. The highest BCUT2D eigenvalue weighted by atomic mass is 16.5. The van der Waals surface area contributed by atoms with Crippen LogP contribution in [0.5, 0.6) is 28.7 Å². The molecule has 0 saturated carbocycles. The smallest absolute Gasteiger partial charge is 0.342 e. The van der Waals surface area contributed by atoms with Crippen LogP contribution in [0.15, 0.2) is 30.3 Å². The fraction of sp³-hybridized carbons (Fsp3) is 0.333. The number of methoxy groups -OCH3 is 5. The van der Waals surface area contributed by atoms with Crippen LogP contribution >= 0.6 is 0 Å². The van der Waals surface area contributed by atoms with Crippen LogP contribution in [0.3, 0.4) is 0 Å². The predicted molar refractivity (Wildman–Crippen MR) is 108 cm³/mol. The van der Waals surface area contributed by atoms with Crippen LogP contribution in [-0.4, -0.2) is 54.0 Å². The molecule has 1 N–H and O–H groups in total. The summed E-state index contributed by atoms with van der Waals surface area (Å²) in [7, 11) is 7.40. The molecule has 0 unspecified atom stereocenters. The zero-order valence-corrected chi connectivity index (χ0v) is 17.6. The molecule has 162 valence electrons. The Morgan fingerprint density at radius 2 is 1.40 bits per heavy atom. The second-order valence-electron chi connectivity index (χ2n) is 5.93. The number of esters is 1. The Hall–Kier alpha value is -3.62. The van der Waals surface area contributed by atoms with Gasteiger partial charge in [-0.15, -0.1) is 0 Å². The number of hydrogen-bond acceptors (Lipinski definition) is 8. The zero-order chi connectivity index (χ0) is 22.1. The lowest BCUT2D eigenvalue weighted by molar-refractivity contribution is -0.124. The topological polar surface area (TPSA) is 102 Å². The van der Waals surface area contributed by atoms with Crippen LogP contribution in [-0.2, 0) is 16.1 Å². The molecule has 0 saturated heterocycles. The van der Waals surface area contributed by atoms with Crippen molar-refractivity contribution in [2.24, 2.45) is 0 Å². The summed E-state index contributed by atoms with van der Waals surface area (Å²) in [6, 6.07) is 8.24. The van der Waals surface area contributed by atoms with E-state index in [1.807, 2.05) is 0 Å². The van der Waals surface area contributed by atoms with Crippen molar-refractivity contribution < 1.29 is 38.0 Å². The summed E-state index contributed by atoms with van der Waals surface area (Å²) in [4.78, 5) is 24.5. The van der Waals surface area contributed by atoms with Crippen molar-refractivity contribution in [2.45, 2.75) is 6.54 Å². The monoisotopic (exact) mass is 419 g/mol. The number of carbonyl (C=O) groups excluding carboxylic acids is 2. The fourth-order valence-corrected chi connectivity index (χ4v) is 2.75. The average Bonchev–Trinajstić information content (AvgIpc) is 2.79. The van der Waals surface area contributed by atoms with Gasteiger partial charge in [-0.05, 0) is 29.8 Å². The van der Waals surface area contributed by atoms with Crippen LogP contribution < -0.4 is 29.0 Å². The van der Waals surface area contributed by atoms with Gasteiger partial charge in [-0.25, -0.2) is 4.79 Å². The molecular formula is C21H25NO8. The van der Waals surface area contributed by atoms with Crippen molar-refractivity contribution in [3.63, 3.8) is 0 Å². The number of hydrogen-bond donors (Lipinski definition) is 1. The van der Waals surface area contributed by atoms with Crippen molar-refractivity contribution >= 4 is 11.9 Å². The Morgan fingerprint density at radius 1 is 0.800 bits per heavy atom. The Morgan fingerprint density at radius 3 is 1.93 bits per heavy atom. The van der Waals surface area contributed by atoms with Crippen LogP contribution in [0.2, 0.25) is 0 Å². The highest BCUT2D eigenvalue weighted by Gasteiger charge is 2.19. The molecule has 0 aromatic heterocycles. The molecule has 2 aromatic carbocycles. The van der Waals surface area contributed by atoms with Crippen LogP contribution in [0.4, 0.5) is 0 Å². The van der Waals surface area contributed by atoms with E-state index in [1.165, 1.54) is 41.6 Å². The van der Waals surface area contributed by atoms with E-state index in [0.29, 0.717) is 23.0 Å². The summed E-state index contributed by atoms with van der Waals surface area (Å²) in [6.45, 7) is -0.279. The summed E-state index contributed by atoms with van der Waals surface area (Å²) in [5.74, 6) is 0.848. The van der Waals surface area contributed by atoms with Gasteiger partial charge in [0.25, 0.3) is 5.91 Å². The molecule has 2 aromatic rings. The van der Waals surface area contributed by atoms with Crippen molar-refractivity contribution in [2.75, 3.05) is 42.2 Å². The van der Waals surface area contributed by atoms with Crippen molar-refractivity contribution in [3.8, 4) is 28.7 Å². The number of carbonyl (C=O) groups is 2. The molecule has 0 aliphatic heterocycles. The molecule has 9 nitrogen and oxygen atoms in total. The van der Waals surface area contributed by atoms with Gasteiger partial charge in [0.1, 0.15) is 5.56 Å². The van der Waals surface area contributed by atoms with E-state index in [9.17, 15) is 9.59 Å². The zero-order valence-electron chi connectivity index (χ0n) is 17.6. The van der Waals surface area contributed by atoms with Gasteiger partial charge < -0.3 is 33.7 Å². The minimum absolute atomic E-state index is 0.161. The minimum Gasteiger partial charge on any atom is -0.493 e. The lowest BCUT2D eigenvalue weighted by Crippen LogP contribution is -2.28. The Labute approximate surface area is 174 Å². The minimum atomic E-state index is -0.700. The molecule has 0 aliphatic carbocycles. The molecule has 1 amide bonds. The number of nitrogens with one attached hydrogen (secondary N) is 1. The summed E-state index contributed by atoms with van der Waals surface area (Å²) >= 11 is 0. The van der Waals surface area contributed by atoms with Gasteiger partial charge in [0.2, 0.25) is 5.75 Å². The van der Waals surface area contributed by atoms with E-state index < -0.39 is 18.5 Å². The lowest BCUT2D eigenvalue weighted by atomic mass is 10.1. The van der Waals surface area contributed by atoms with E-state index in [-0.39, 0.29) is 17.9 Å². The molecule has 2 rings (SSSR count). The van der Waals surface area contributed by atoms with Gasteiger partial charge in [-0.2, -0.15) is 0 Å². The number of benzene rings is 2. The van der Waals surface area contributed by atoms with Gasteiger partial charge in [-0.3, -0.25) is 4.79 Å². The first-order valence-corrected chi connectivity index (χ1v) is 8.92. The van der Waals surface area contributed by atoms with Crippen LogP contribution in [0, 0.1) is 0 Å². The van der Waals surface area contributed by atoms with Crippen molar-refractivity contribution in [1.82, 2.24) is 5.32 Å². The highest BCUT2D eigenvalue weighted by molar-refractivity contribution is 5.94. The third-order valence-corrected chi connectivity index (χ3v) is 4.17. The first-order chi connectivity index (χ1) is 14.5. The van der Waals surface area contributed by atoms with E-state index in [1.54, 1.807) is 24.3 Å². The van der Waals surface area contributed by atoms with E-state index in [0.717, 1.165) is 5.56 Å². The average molecular weight is 419 g/mol. The molecule has 30 heavy (non-hydrogen) atoms. The SMILES string of the molecule is COc1cc(CNC(=O)COC(=O)c2cccc(OC)c2OC)cc(OC)c1OC. The van der Waals surface area contributed by atoms with Gasteiger partial charge >= 0.3 is 5.97 Å². The molecule has 0 spiro atoms. The molecule has 0 fully saturated rings. The first-order valence-electron chi connectivity index (χ1n) is 8.92. The third kappa shape index (κ3) is 5.25. The molecule has 0 aliphatic rings. The second-order valence-corrected chi connectivity index (χ2v) is 5.93. The molecule has 0 heterocycles. The van der Waals surface area contributed by atoms with Gasteiger partial charge in [0.05, 0.1) is 35.5 Å². The number of ether oxygens (including phenoxy) is 6. The number of amides is 1. The number of rotatable bonds is 10. The maximum absolute atomic E-state index is 12.3. The standard InChI is InChI=1S/C21H25NO8/c1-25-15-8-6-7-14(19(15)28-4)21(24)30-12-18(23)22-11-13-9-16(26-2)20(29-5)17(10-13)27-3/h6-10H,11-12H2,1-5H3,(H,22,23). The summed E-state index contributed by atoms with van der Waals surface area (Å²) < 4.78 is 31.3. The second kappa shape index (κ2) is 10.8. The quantitative estimate of drug-likeness (QED) is 0.585. The molecular weight excluding hydrogens is 394 g/mol. The Balaban J connectivity index is 1.98. The lowest BCUT2D eigenvalue weighted by Gasteiger charge is -2.14. The van der Waals surface area contributed by atoms with E-state index >= 15 is 0 Å². The fourth-order valence-electron chi connectivity index (χ4n) is 2.75. The first kappa shape index (κ1) is 22.7. The molecule has 0 radical (unpaired) electrons. The van der Waals surface area contributed by atoms with E-state index in [4.69, 9.17) is 28.4 Å². The summed E-state index contributed by atoms with van der Waals surface area (Å²) in [5.41, 5.74) is 0.882. The Bertz CT molecular complexity index is 872. The van der Waals surface area contributed by atoms with Gasteiger partial charge in [0.15, 0.2) is 29.6 Å². The predicted octanol–water partition coefficient (Wildman–Crippen LogP) is 2.20. The molecule has 0 atom stereocenters. The van der Waals surface area contributed by atoms with Crippen molar-refractivity contribution in [1.29, 1.82) is 0 Å². The third-order valence-electron chi connectivity index (χ3n) is 4.17. The van der Waals surface area contributed by atoms with Crippen LogP contribution in [0.25, 0.3) is 0 Å². The molecule has 9 heteroatoms. The Kier molecular flexibility index (Phi) is 8.16. The highest BCUT2D eigenvalue weighted by Crippen LogP contribution is 2.38. The normalized spacial score (nSPS) is 10.0. The number of para-hydroxylation sites is 1. The van der Waals surface area contributed by atoms with Gasteiger partial charge in [-0.1, -0.05) is 6.07 Å². The maximum atomic E-state index is 12.3.